The van der Waals surface area contributed by atoms with Crippen LogP contribution in [0.5, 0.6) is 0 Å². The lowest BCUT2D eigenvalue weighted by molar-refractivity contribution is -0.141. The first-order valence-corrected chi connectivity index (χ1v) is 11.5. The van der Waals surface area contributed by atoms with Crippen molar-refractivity contribution < 1.29 is 14.0 Å². The van der Waals surface area contributed by atoms with Crippen LogP contribution in [0.1, 0.15) is 53.7 Å². The van der Waals surface area contributed by atoms with Gasteiger partial charge in [-0.15, -0.1) is 11.3 Å². The fourth-order valence-corrected chi connectivity index (χ4v) is 5.72. The van der Waals surface area contributed by atoms with Crippen LogP contribution in [0.25, 0.3) is 10.2 Å². The maximum atomic E-state index is 13.4. The highest BCUT2D eigenvalue weighted by Gasteiger charge is 2.36. The Morgan fingerprint density at radius 3 is 2.60 bits per heavy atom. The first-order chi connectivity index (χ1) is 14.7. The number of carbonyl (C=O) groups is 2. The molecule has 6 nitrogen and oxygen atoms in total. The molecule has 2 saturated heterocycles. The predicted octanol–water partition coefficient (Wildman–Crippen LogP) is 4.50. The zero-order valence-corrected chi connectivity index (χ0v) is 17.6. The largest absolute Gasteiger partial charge is 0.459 e. The van der Waals surface area contributed by atoms with Crippen molar-refractivity contribution in [2.24, 2.45) is 5.92 Å². The average Bonchev–Trinajstić information content (AvgIpc) is 3.48. The van der Waals surface area contributed by atoms with Gasteiger partial charge in [-0.25, -0.2) is 4.98 Å². The minimum absolute atomic E-state index is 0.0272. The van der Waals surface area contributed by atoms with Gasteiger partial charge in [-0.3, -0.25) is 9.59 Å². The van der Waals surface area contributed by atoms with E-state index in [2.05, 4.69) is 11.0 Å². The summed E-state index contributed by atoms with van der Waals surface area (Å²) >= 11 is 1.71. The maximum Gasteiger partial charge on any atom is 0.289 e. The molecule has 4 heterocycles. The van der Waals surface area contributed by atoms with E-state index in [0.717, 1.165) is 36.3 Å². The van der Waals surface area contributed by atoms with E-state index in [9.17, 15) is 9.59 Å². The molecule has 3 aromatic rings. The zero-order chi connectivity index (χ0) is 20.5. The van der Waals surface area contributed by atoms with Gasteiger partial charge in [0.05, 0.1) is 22.5 Å². The van der Waals surface area contributed by atoms with E-state index < -0.39 is 0 Å². The van der Waals surface area contributed by atoms with Crippen LogP contribution in [0.3, 0.4) is 0 Å². The molecule has 0 spiro atoms. The number of furan rings is 1. The number of fused-ring (bicyclic) bond motifs is 1. The molecule has 1 unspecified atom stereocenters. The first kappa shape index (κ1) is 19.3. The summed E-state index contributed by atoms with van der Waals surface area (Å²) in [6.45, 7) is 1.98. The number of benzene rings is 1. The molecule has 0 radical (unpaired) electrons. The van der Waals surface area contributed by atoms with Crippen LogP contribution in [-0.4, -0.2) is 46.2 Å². The number of thiazole rings is 1. The molecule has 2 amide bonds. The second-order valence-electron chi connectivity index (χ2n) is 8.11. The molecule has 5 rings (SSSR count). The maximum absolute atomic E-state index is 13.4. The van der Waals surface area contributed by atoms with E-state index in [-0.39, 0.29) is 23.8 Å². The third-order valence-electron chi connectivity index (χ3n) is 6.24. The highest BCUT2D eigenvalue weighted by molar-refractivity contribution is 7.18. The van der Waals surface area contributed by atoms with Crippen molar-refractivity contribution >= 4 is 33.4 Å². The Balaban J connectivity index is 1.28. The van der Waals surface area contributed by atoms with Crippen LogP contribution in [0, 0.1) is 5.92 Å². The average molecular weight is 424 g/mol. The monoisotopic (exact) mass is 423 g/mol. The smallest absolute Gasteiger partial charge is 0.289 e. The van der Waals surface area contributed by atoms with Crippen LogP contribution in [0.4, 0.5) is 0 Å². The van der Waals surface area contributed by atoms with E-state index in [1.807, 2.05) is 18.2 Å². The highest BCUT2D eigenvalue weighted by Crippen LogP contribution is 2.37. The molecule has 2 aromatic heterocycles. The second kappa shape index (κ2) is 8.22. The van der Waals surface area contributed by atoms with Gasteiger partial charge < -0.3 is 14.2 Å². The summed E-state index contributed by atoms with van der Waals surface area (Å²) in [6.07, 6.45) is 6.07. The molecule has 2 fully saturated rings. The summed E-state index contributed by atoms with van der Waals surface area (Å²) in [4.78, 5) is 34.6. The van der Waals surface area contributed by atoms with Gasteiger partial charge in [0.2, 0.25) is 5.91 Å². The number of likely N-dealkylation sites (tertiary alicyclic amines) is 2. The fourth-order valence-electron chi connectivity index (χ4n) is 4.60. The molecular formula is C23H25N3O3S. The van der Waals surface area contributed by atoms with Crippen molar-refractivity contribution in [3.05, 3.63) is 53.4 Å². The van der Waals surface area contributed by atoms with Crippen LogP contribution in [0.15, 0.2) is 47.1 Å². The quantitative estimate of drug-likeness (QED) is 0.622. The number of aromatic nitrogens is 1. The molecule has 156 valence electrons. The molecular weight excluding hydrogens is 398 g/mol. The first-order valence-electron chi connectivity index (χ1n) is 10.7. The highest BCUT2D eigenvalue weighted by atomic mass is 32.1. The van der Waals surface area contributed by atoms with Gasteiger partial charge in [0.1, 0.15) is 5.01 Å². The van der Waals surface area contributed by atoms with Crippen LogP contribution < -0.4 is 0 Å². The van der Waals surface area contributed by atoms with Crippen LogP contribution in [-0.2, 0) is 4.79 Å². The minimum atomic E-state index is -0.0868. The lowest BCUT2D eigenvalue weighted by atomic mass is 9.92. The third-order valence-corrected chi connectivity index (χ3v) is 7.38. The predicted molar refractivity (Wildman–Crippen MR) is 115 cm³/mol. The van der Waals surface area contributed by atoms with Crippen molar-refractivity contribution in [2.45, 2.75) is 38.1 Å². The normalized spacial score (nSPS) is 20.6. The summed E-state index contributed by atoms with van der Waals surface area (Å²) in [5, 5.41) is 1.05. The van der Waals surface area contributed by atoms with Gasteiger partial charge in [0.25, 0.3) is 5.91 Å². The van der Waals surface area contributed by atoms with Crippen molar-refractivity contribution in [1.29, 1.82) is 0 Å². The topological polar surface area (TPSA) is 66.7 Å². The van der Waals surface area contributed by atoms with Gasteiger partial charge in [0.15, 0.2) is 5.76 Å². The number of piperidine rings is 2. The molecule has 1 aromatic carbocycles. The Bertz CT molecular complexity index is 1000. The summed E-state index contributed by atoms with van der Waals surface area (Å²) < 4.78 is 6.41. The Hall–Kier alpha value is -2.67. The number of rotatable bonds is 3. The van der Waals surface area contributed by atoms with Crippen LogP contribution >= 0.6 is 11.3 Å². The molecule has 2 aliphatic heterocycles. The molecule has 2 aliphatic rings. The van der Waals surface area contributed by atoms with E-state index in [4.69, 9.17) is 9.40 Å². The van der Waals surface area contributed by atoms with Gasteiger partial charge in [-0.05, 0) is 56.4 Å². The lowest BCUT2D eigenvalue weighted by Crippen LogP contribution is -2.46. The van der Waals surface area contributed by atoms with E-state index in [1.54, 1.807) is 28.4 Å². The summed E-state index contributed by atoms with van der Waals surface area (Å²) in [5.74, 6) is 0.479. The van der Waals surface area contributed by atoms with E-state index in [1.165, 1.54) is 11.0 Å². The van der Waals surface area contributed by atoms with Crippen LogP contribution in [0.2, 0.25) is 0 Å². The second-order valence-corrected chi connectivity index (χ2v) is 9.17. The van der Waals surface area contributed by atoms with Gasteiger partial charge in [-0.1, -0.05) is 12.1 Å². The van der Waals surface area contributed by atoms with E-state index in [0.29, 0.717) is 31.7 Å². The molecule has 0 saturated carbocycles. The molecule has 0 bridgehead atoms. The SMILES string of the molecule is O=C(c1ccco1)N1CCC(C(=O)N2CCCCC2c2nc3ccccc3s2)CC1. The standard InChI is InChI=1S/C23H25N3O3S/c27-22(16-10-13-25(14-11-16)23(28)19-8-5-15-29-19)26-12-4-3-7-18(26)21-24-17-6-1-2-9-20(17)30-21/h1-2,5-6,8-9,15-16,18H,3-4,7,10-14H2. The third kappa shape index (κ3) is 3.62. The van der Waals surface area contributed by atoms with Crippen molar-refractivity contribution in [3.63, 3.8) is 0 Å². The van der Waals surface area contributed by atoms with Gasteiger partial charge in [0, 0.05) is 25.6 Å². The summed E-state index contributed by atoms with van der Waals surface area (Å²) in [7, 11) is 0. The zero-order valence-electron chi connectivity index (χ0n) is 16.8. The Morgan fingerprint density at radius 2 is 1.83 bits per heavy atom. The fraction of sp³-hybridized carbons (Fsp3) is 0.435. The molecule has 7 heteroatoms. The molecule has 30 heavy (non-hydrogen) atoms. The Labute approximate surface area is 179 Å². The molecule has 1 atom stereocenters. The summed E-state index contributed by atoms with van der Waals surface area (Å²) in [6, 6.07) is 11.7. The number of hydrogen-bond donors (Lipinski definition) is 0. The Morgan fingerprint density at radius 1 is 1.00 bits per heavy atom. The summed E-state index contributed by atoms with van der Waals surface area (Å²) in [5.41, 5.74) is 1.01. The number of para-hydroxylation sites is 1. The molecule has 0 aliphatic carbocycles. The van der Waals surface area contributed by atoms with Gasteiger partial charge >= 0.3 is 0 Å². The number of amides is 2. The van der Waals surface area contributed by atoms with Gasteiger partial charge in [-0.2, -0.15) is 0 Å². The van der Waals surface area contributed by atoms with Crippen molar-refractivity contribution in [3.8, 4) is 0 Å². The number of carbonyl (C=O) groups excluding carboxylic acids is 2. The number of nitrogens with zero attached hydrogens (tertiary/aromatic N) is 3. The molecule has 0 N–H and O–H groups in total. The number of hydrogen-bond acceptors (Lipinski definition) is 5. The van der Waals surface area contributed by atoms with E-state index >= 15 is 0 Å². The van der Waals surface area contributed by atoms with Crippen molar-refractivity contribution in [2.75, 3.05) is 19.6 Å². The van der Waals surface area contributed by atoms with Crippen molar-refractivity contribution in [1.82, 2.24) is 14.8 Å². The lowest BCUT2D eigenvalue weighted by Gasteiger charge is -2.39. The Kier molecular flexibility index (Phi) is 5.29. The minimum Gasteiger partial charge on any atom is -0.459 e.